The Morgan fingerprint density at radius 1 is 1.12 bits per heavy atom. The number of nitrogens with zero attached hydrogens (tertiary/aromatic N) is 4. The molecule has 0 saturated carbocycles. The van der Waals surface area contributed by atoms with Gasteiger partial charge in [0.15, 0.2) is 0 Å². The fraction of sp³-hybridized carbons (Fsp3) is 0.300. The molecule has 0 bridgehead atoms. The van der Waals surface area contributed by atoms with E-state index in [1.807, 2.05) is 24.1 Å². The van der Waals surface area contributed by atoms with Crippen LogP contribution in [0.4, 0.5) is 11.5 Å². The molecule has 0 aliphatic rings. The van der Waals surface area contributed by atoms with Crippen LogP contribution in [-0.4, -0.2) is 19.3 Å². The van der Waals surface area contributed by atoms with Crippen LogP contribution in [0.25, 0.3) is 21.8 Å². The predicted molar refractivity (Wildman–Crippen MR) is 103 cm³/mol. The molecule has 0 aliphatic heterocycles. The zero-order valence-corrected chi connectivity index (χ0v) is 15.0. The van der Waals surface area contributed by atoms with Crippen LogP contribution in [0.5, 0.6) is 0 Å². The highest BCUT2D eigenvalue weighted by atomic mass is 15.2. The van der Waals surface area contributed by atoms with Gasteiger partial charge in [-0.25, -0.2) is 4.98 Å². The van der Waals surface area contributed by atoms with Crippen molar-refractivity contribution in [2.24, 2.45) is 7.05 Å². The molecule has 0 aliphatic carbocycles. The molecule has 25 heavy (non-hydrogen) atoms. The van der Waals surface area contributed by atoms with Crippen LogP contribution in [0, 0.1) is 6.92 Å². The molecule has 3 heterocycles. The van der Waals surface area contributed by atoms with Crippen LogP contribution in [0.15, 0.2) is 42.9 Å². The Morgan fingerprint density at radius 2 is 2.00 bits per heavy atom. The molecule has 128 valence electrons. The van der Waals surface area contributed by atoms with Gasteiger partial charge < -0.3 is 9.88 Å². The fourth-order valence-corrected chi connectivity index (χ4v) is 3.46. The van der Waals surface area contributed by atoms with Crippen molar-refractivity contribution in [1.29, 1.82) is 0 Å². The van der Waals surface area contributed by atoms with Crippen LogP contribution < -0.4 is 5.32 Å². The van der Waals surface area contributed by atoms with Gasteiger partial charge in [-0.05, 0) is 37.1 Å². The number of aromatic nitrogens is 4. The van der Waals surface area contributed by atoms with Crippen LogP contribution in [0.2, 0.25) is 0 Å². The summed E-state index contributed by atoms with van der Waals surface area (Å²) < 4.78 is 4.23. The average Bonchev–Trinajstić information content (AvgIpc) is 3.21. The Kier molecular flexibility index (Phi) is 3.92. The maximum Gasteiger partial charge on any atom is 0.139 e. The van der Waals surface area contributed by atoms with Gasteiger partial charge in [0.05, 0.1) is 22.9 Å². The number of unbranched alkanes of at least 4 members (excludes halogenated alkanes) is 1. The van der Waals surface area contributed by atoms with Gasteiger partial charge in [0.2, 0.25) is 0 Å². The van der Waals surface area contributed by atoms with E-state index >= 15 is 0 Å². The summed E-state index contributed by atoms with van der Waals surface area (Å²) >= 11 is 0. The van der Waals surface area contributed by atoms with Gasteiger partial charge in [-0.15, -0.1) is 0 Å². The Labute approximate surface area is 147 Å². The van der Waals surface area contributed by atoms with E-state index in [0.717, 1.165) is 34.3 Å². The molecular formula is C20H23N5. The first-order valence-corrected chi connectivity index (χ1v) is 8.81. The molecule has 0 radical (unpaired) electrons. The molecule has 1 N–H and O–H groups in total. The quantitative estimate of drug-likeness (QED) is 0.572. The largest absolute Gasteiger partial charge is 0.347 e. The third kappa shape index (κ3) is 2.65. The summed E-state index contributed by atoms with van der Waals surface area (Å²) in [6, 6.07) is 8.47. The highest BCUT2D eigenvalue weighted by Gasteiger charge is 2.11. The highest BCUT2D eigenvalue weighted by molar-refractivity contribution is 5.98. The van der Waals surface area contributed by atoms with Crippen LogP contribution in [-0.2, 0) is 13.6 Å². The Balaban J connectivity index is 1.77. The first-order chi connectivity index (χ1) is 12.2. The number of rotatable bonds is 5. The van der Waals surface area contributed by atoms with E-state index in [9.17, 15) is 0 Å². The Bertz CT molecular complexity index is 1040. The molecular weight excluding hydrogens is 310 g/mol. The summed E-state index contributed by atoms with van der Waals surface area (Å²) in [6.45, 7) is 5.37. The lowest BCUT2D eigenvalue weighted by atomic mass is 10.1. The van der Waals surface area contributed by atoms with Crippen molar-refractivity contribution in [2.45, 2.75) is 33.2 Å². The molecule has 0 spiro atoms. The van der Waals surface area contributed by atoms with Gasteiger partial charge in [0.25, 0.3) is 0 Å². The first kappa shape index (κ1) is 15.7. The van der Waals surface area contributed by atoms with Gasteiger partial charge in [0, 0.05) is 36.8 Å². The Morgan fingerprint density at radius 3 is 2.84 bits per heavy atom. The Hall–Kier alpha value is -2.82. The van der Waals surface area contributed by atoms with Gasteiger partial charge in [-0.2, -0.15) is 5.10 Å². The lowest BCUT2D eigenvalue weighted by molar-refractivity contribution is 0.650. The summed E-state index contributed by atoms with van der Waals surface area (Å²) in [7, 11) is 1.98. The third-order valence-electron chi connectivity index (χ3n) is 4.81. The second-order valence-electron chi connectivity index (χ2n) is 6.54. The lowest BCUT2D eigenvalue weighted by Crippen LogP contribution is -1.98. The zero-order valence-electron chi connectivity index (χ0n) is 15.0. The van der Waals surface area contributed by atoms with Crippen molar-refractivity contribution in [2.75, 3.05) is 5.32 Å². The van der Waals surface area contributed by atoms with Crippen molar-refractivity contribution in [1.82, 2.24) is 19.3 Å². The maximum atomic E-state index is 4.58. The molecule has 3 aromatic heterocycles. The molecule has 4 rings (SSSR count). The van der Waals surface area contributed by atoms with E-state index in [2.05, 4.69) is 64.3 Å². The number of pyridine rings is 1. The van der Waals surface area contributed by atoms with Crippen molar-refractivity contribution in [3.05, 3.63) is 48.4 Å². The lowest BCUT2D eigenvalue weighted by Gasteiger charge is -2.10. The van der Waals surface area contributed by atoms with E-state index in [1.165, 1.54) is 23.9 Å². The number of anilines is 2. The highest BCUT2D eigenvalue weighted by Crippen LogP contribution is 2.31. The van der Waals surface area contributed by atoms with E-state index < -0.39 is 0 Å². The molecule has 0 atom stereocenters. The maximum absolute atomic E-state index is 4.58. The molecule has 5 nitrogen and oxygen atoms in total. The smallest absolute Gasteiger partial charge is 0.139 e. The summed E-state index contributed by atoms with van der Waals surface area (Å²) in [4.78, 5) is 4.58. The van der Waals surface area contributed by atoms with Gasteiger partial charge in [-0.3, -0.25) is 4.68 Å². The second-order valence-corrected chi connectivity index (χ2v) is 6.54. The third-order valence-corrected chi connectivity index (χ3v) is 4.81. The van der Waals surface area contributed by atoms with Gasteiger partial charge in [0.1, 0.15) is 5.82 Å². The molecule has 0 fully saturated rings. The van der Waals surface area contributed by atoms with Crippen molar-refractivity contribution in [3.8, 4) is 0 Å². The van der Waals surface area contributed by atoms with Crippen molar-refractivity contribution in [3.63, 3.8) is 0 Å². The SMILES string of the molecule is CCCCn1ccc2c(Nc3ccc(C)c4c3cnn4C)nccc21. The molecule has 0 unspecified atom stereocenters. The van der Waals surface area contributed by atoms with E-state index in [4.69, 9.17) is 0 Å². The van der Waals surface area contributed by atoms with E-state index in [0.29, 0.717) is 0 Å². The zero-order chi connectivity index (χ0) is 17.4. The van der Waals surface area contributed by atoms with E-state index in [1.54, 1.807) is 0 Å². The minimum atomic E-state index is 0.891. The minimum absolute atomic E-state index is 0.891. The fourth-order valence-electron chi connectivity index (χ4n) is 3.46. The normalized spacial score (nSPS) is 11.5. The summed E-state index contributed by atoms with van der Waals surface area (Å²) in [5, 5.41) is 10.2. The predicted octanol–water partition coefficient (Wildman–Crippen LogP) is 4.78. The van der Waals surface area contributed by atoms with Crippen molar-refractivity contribution >= 4 is 33.3 Å². The average molecular weight is 333 g/mol. The first-order valence-electron chi connectivity index (χ1n) is 8.81. The molecule has 0 saturated heterocycles. The topological polar surface area (TPSA) is 47.7 Å². The molecule has 1 aromatic carbocycles. The number of fused-ring (bicyclic) bond motifs is 2. The van der Waals surface area contributed by atoms with E-state index in [-0.39, 0.29) is 0 Å². The summed E-state index contributed by atoms with van der Waals surface area (Å²) in [5.74, 6) is 0.891. The number of aryl methyl sites for hydroxylation is 3. The van der Waals surface area contributed by atoms with Gasteiger partial charge >= 0.3 is 0 Å². The standard InChI is InChI=1S/C20H23N5/c1-4-5-11-25-12-9-15-18(25)8-10-21-20(15)23-17-7-6-14(2)19-16(17)13-22-24(19)3/h6-10,12-13H,4-5,11H2,1-3H3,(H,21,23). The molecule has 5 heteroatoms. The van der Waals surface area contributed by atoms with Gasteiger partial charge in [-0.1, -0.05) is 19.4 Å². The van der Waals surface area contributed by atoms with Crippen LogP contribution in [0.1, 0.15) is 25.3 Å². The number of hydrogen-bond acceptors (Lipinski definition) is 3. The summed E-state index contributed by atoms with van der Waals surface area (Å²) in [5.41, 5.74) is 4.63. The molecule has 4 aromatic rings. The minimum Gasteiger partial charge on any atom is -0.347 e. The number of nitrogens with one attached hydrogen (secondary N) is 1. The van der Waals surface area contributed by atoms with Crippen LogP contribution >= 0.6 is 0 Å². The molecule has 0 amide bonds. The monoisotopic (exact) mass is 333 g/mol. The van der Waals surface area contributed by atoms with Crippen molar-refractivity contribution < 1.29 is 0 Å². The number of hydrogen-bond donors (Lipinski definition) is 1. The number of benzene rings is 1. The summed E-state index contributed by atoms with van der Waals surface area (Å²) in [6.07, 6.45) is 8.32. The second kappa shape index (κ2) is 6.24. The van der Waals surface area contributed by atoms with Crippen LogP contribution in [0.3, 0.4) is 0 Å².